The molecular formula is C18H10F5N3O. The number of amides is 1. The Hall–Kier alpha value is -3.49. The van der Waals surface area contributed by atoms with E-state index in [4.69, 9.17) is 0 Å². The number of carbonyl (C=O) groups is 1. The lowest BCUT2D eigenvalue weighted by atomic mass is 10.2. The van der Waals surface area contributed by atoms with Gasteiger partial charge in [0, 0.05) is 17.8 Å². The van der Waals surface area contributed by atoms with Crippen molar-refractivity contribution in [2.24, 2.45) is 0 Å². The molecule has 0 spiro atoms. The molecule has 1 aromatic heterocycles. The topological polar surface area (TPSA) is 54.0 Å². The van der Waals surface area contributed by atoms with Crippen LogP contribution in [-0.2, 0) is 0 Å². The van der Waals surface area contributed by atoms with Crippen LogP contribution in [0.2, 0.25) is 0 Å². The van der Waals surface area contributed by atoms with Gasteiger partial charge in [0.05, 0.1) is 11.4 Å². The molecule has 0 aliphatic carbocycles. The second kappa shape index (κ2) is 7.40. The molecule has 9 heteroatoms. The van der Waals surface area contributed by atoms with Crippen LogP contribution in [0.4, 0.5) is 39.1 Å². The lowest BCUT2D eigenvalue weighted by Crippen LogP contribution is -2.13. The lowest BCUT2D eigenvalue weighted by molar-refractivity contribution is 0.102. The third kappa shape index (κ3) is 4.02. The van der Waals surface area contributed by atoms with Gasteiger partial charge in [-0.1, -0.05) is 0 Å². The number of hydrogen-bond donors (Lipinski definition) is 2. The van der Waals surface area contributed by atoms with E-state index in [1.807, 2.05) is 0 Å². The summed E-state index contributed by atoms with van der Waals surface area (Å²) < 4.78 is 66.5. The highest BCUT2D eigenvalue weighted by atomic mass is 19.2. The molecule has 2 N–H and O–H groups in total. The van der Waals surface area contributed by atoms with Gasteiger partial charge < -0.3 is 10.6 Å². The first-order valence-corrected chi connectivity index (χ1v) is 7.48. The fourth-order valence-corrected chi connectivity index (χ4v) is 2.19. The smallest absolute Gasteiger partial charge is 0.255 e. The van der Waals surface area contributed by atoms with Crippen LogP contribution < -0.4 is 10.6 Å². The normalized spacial score (nSPS) is 10.6. The highest BCUT2D eigenvalue weighted by molar-refractivity contribution is 6.04. The van der Waals surface area contributed by atoms with Crippen LogP contribution in [0.15, 0.2) is 48.7 Å². The van der Waals surface area contributed by atoms with E-state index in [2.05, 4.69) is 15.6 Å². The summed E-state index contributed by atoms with van der Waals surface area (Å²) in [6.45, 7) is 0. The molecule has 2 aromatic carbocycles. The monoisotopic (exact) mass is 379 g/mol. The average molecular weight is 379 g/mol. The van der Waals surface area contributed by atoms with Gasteiger partial charge in [-0.3, -0.25) is 4.79 Å². The van der Waals surface area contributed by atoms with Gasteiger partial charge in [0.1, 0.15) is 17.5 Å². The quantitative estimate of drug-likeness (QED) is 0.507. The number of anilines is 3. The van der Waals surface area contributed by atoms with E-state index in [1.165, 1.54) is 18.3 Å². The second-order valence-electron chi connectivity index (χ2n) is 5.36. The van der Waals surface area contributed by atoms with Gasteiger partial charge >= 0.3 is 0 Å². The number of halogens is 5. The first kappa shape index (κ1) is 18.3. The minimum atomic E-state index is -1.65. The van der Waals surface area contributed by atoms with Gasteiger partial charge in [0.15, 0.2) is 17.5 Å². The summed E-state index contributed by atoms with van der Waals surface area (Å²) in [4.78, 5) is 16.1. The SMILES string of the molecule is O=C(Nc1ccc(F)cc1F)c1ccnc(Nc2ccc(F)c(F)c2F)c1. The molecule has 0 radical (unpaired) electrons. The van der Waals surface area contributed by atoms with E-state index in [0.717, 1.165) is 24.3 Å². The Balaban J connectivity index is 1.81. The van der Waals surface area contributed by atoms with Gasteiger partial charge in [-0.2, -0.15) is 0 Å². The van der Waals surface area contributed by atoms with Crippen molar-refractivity contribution in [3.05, 3.63) is 83.3 Å². The number of hydrogen-bond acceptors (Lipinski definition) is 3. The summed E-state index contributed by atoms with van der Waals surface area (Å²) in [5.74, 6) is -6.97. The zero-order valence-electron chi connectivity index (χ0n) is 13.4. The maximum absolute atomic E-state index is 13.7. The van der Waals surface area contributed by atoms with Crippen molar-refractivity contribution in [1.29, 1.82) is 0 Å². The fourth-order valence-electron chi connectivity index (χ4n) is 2.19. The molecule has 138 valence electrons. The zero-order chi connectivity index (χ0) is 19.6. The molecule has 0 unspecified atom stereocenters. The molecule has 1 amide bonds. The summed E-state index contributed by atoms with van der Waals surface area (Å²) in [6, 6.07) is 6.83. The Bertz CT molecular complexity index is 1030. The Morgan fingerprint density at radius 2 is 1.56 bits per heavy atom. The average Bonchev–Trinajstić information content (AvgIpc) is 2.65. The van der Waals surface area contributed by atoms with Crippen LogP contribution >= 0.6 is 0 Å². The minimum Gasteiger partial charge on any atom is -0.338 e. The van der Waals surface area contributed by atoms with Crippen LogP contribution in [0.25, 0.3) is 0 Å². The van der Waals surface area contributed by atoms with E-state index in [-0.39, 0.29) is 22.8 Å². The van der Waals surface area contributed by atoms with E-state index in [0.29, 0.717) is 6.07 Å². The molecule has 0 saturated carbocycles. The van der Waals surface area contributed by atoms with Crippen molar-refractivity contribution in [2.45, 2.75) is 0 Å². The highest BCUT2D eigenvalue weighted by Gasteiger charge is 2.15. The molecular weight excluding hydrogens is 369 g/mol. The Morgan fingerprint density at radius 1 is 0.815 bits per heavy atom. The highest BCUT2D eigenvalue weighted by Crippen LogP contribution is 2.23. The summed E-state index contributed by atoms with van der Waals surface area (Å²) in [5, 5.41) is 4.67. The van der Waals surface area contributed by atoms with Gasteiger partial charge in [-0.05, 0) is 36.4 Å². The number of rotatable bonds is 4. The molecule has 0 bridgehead atoms. The molecule has 0 saturated heterocycles. The first-order valence-electron chi connectivity index (χ1n) is 7.48. The molecule has 3 aromatic rings. The van der Waals surface area contributed by atoms with Crippen LogP contribution in [-0.4, -0.2) is 10.9 Å². The molecule has 0 atom stereocenters. The predicted molar refractivity (Wildman–Crippen MR) is 88.1 cm³/mol. The van der Waals surface area contributed by atoms with Gasteiger partial charge in [-0.25, -0.2) is 26.9 Å². The second-order valence-corrected chi connectivity index (χ2v) is 5.36. The maximum atomic E-state index is 13.7. The van der Waals surface area contributed by atoms with Gasteiger partial charge in [0.25, 0.3) is 5.91 Å². The van der Waals surface area contributed by atoms with Gasteiger partial charge in [-0.15, -0.1) is 0 Å². The molecule has 1 heterocycles. The largest absolute Gasteiger partial charge is 0.338 e. The number of pyridine rings is 1. The third-order valence-corrected chi connectivity index (χ3v) is 3.50. The Labute approximate surface area is 149 Å². The van der Waals surface area contributed by atoms with Crippen molar-refractivity contribution in [2.75, 3.05) is 10.6 Å². The van der Waals surface area contributed by atoms with Crippen LogP contribution in [0, 0.1) is 29.1 Å². The van der Waals surface area contributed by atoms with Crippen molar-refractivity contribution in [1.82, 2.24) is 4.98 Å². The van der Waals surface area contributed by atoms with Crippen LogP contribution in [0.5, 0.6) is 0 Å². The zero-order valence-corrected chi connectivity index (χ0v) is 13.4. The van der Waals surface area contributed by atoms with Crippen molar-refractivity contribution in [3.63, 3.8) is 0 Å². The third-order valence-electron chi connectivity index (χ3n) is 3.50. The van der Waals surface area contributed by atoms with E-state index >= 15 is 0 Å². The molecule has 0 aliphatic rings. The maximum Gasteiger partial charge on any atom is 0.255 e. The van der Waals surface area contributed by atoms with E-state index in [1.54, 1.807) is 0 Å². The number of carbonyl (C=O) groups excluding carboxylic acids is 1. The molecule has 4 nitrogen and oxygen atoms in total. The summed E-state index contributed by atoms with van der Waals surface area (Å²) in [5.41, 5.74) is -0.609. The standard InChI is InChI=1S/C18H10F5N3O/c19-10-1-3-13(12(21)8-10)26-18(27)9-5-6-24-15(7-9)25-14-4-2-11(20)16(22)17(14)23/h1-8H,(H,24,25)(H,26,27). The summed E-state index contributed by atoms with van der Waals surface area (Å²) >= 11 is 0. The van der Waals surface area contributed by atoms with Crippen LogP contribution in [0.3, 0.4) is 0 Å². The van der Waals surface area contributed by atoms with E-state index in [9.17, 15) is 26.7 Å². The molecule has 0 fully saturated rings. The summed E-state index contributed by atoms with van der Waals surface area (Å²) in [7, 11) is 0. The van der Waals surface area contributed by atoms with Gasteiger partial charge in [0.2, 0.25) is 0 Å². The van der Waals surface area contributed by atoms with Crippen LogP contribution in [0.1, 0.15) is 10.4 Å². The Morgan fingerprint density at radius 3 is 2.30 bits per heavy atom. The number of aromatic nitrogens is 1. The van der Waals surface area contributed by atoms with Crippen molar-refractivity contribution >= 4 is 23.1 Å². The van der Waals surface area contributed by atoms with Crippen molar-refractivity contribution in [3.8, 4) is 0 Å². The minimum absolute atomic E-state index is 0.0132. The first-order chi connectivity index (χ1) is 12.8. The molecule has 27 heavy (non-hydrogen) atoms. The summed E-state index contributed by atoms with van der Waals surface area (Å²) in [6.07, 6.45) is 1.20. The molecule has 3 rings (SSSR count). The predicted octanol–water partition coefficient (Wildman–Crippen LogP) is 4.77. The van der Waals surface area contributed by atoms with E-state index < -0.39 is 35.0 Å². The number of nitrogens with zero attached hydrogens (tertiary/aromatic N) is 1. The fraction of sp³-hybridized carbons (Fsp3) is 0. The Kier molecular flexibility index (Phi) is 5.02. The lowest BCUT2D eigenvalue weighted by Gasteiger charge is -2.10. The molecule has 0 aliphatic heterocycles. The number of nitrogens with one attached hydrogen (secondary N) is 2. The van der Waals surface area contributed by atoms with Crippen molar-refractivity contribution < 1.29 is 26.7 Å². The number of benzene rings is 2.